The number of thioether (sulfide) groups is 1. The summed E-state index contributed by atoms with van der Waals surface area (Å²) < 4.78 is 5.10. The van der Waals surface area contributed by atoms with Gasteiger partial charge in [-0.25, -0.2) is 9.97 Å². The molecule has 0 fully saturated rings. The van der Waals surface area contributed by atoms with Gasteiger partial charge in [0.15, 0.2) is 12.4 Å². The highest BCUT2D eigenvalue weighted by Gasteiger charge is 2.12. The van der Waals surface area contributed by atoms with E-state index in [0.717, 1.165) is 28.1 Å². The second-order valence-electron chi connectivity index (χ2n) is 5.64. The number of benzene rings is 1. The number of nitrogens with zero attached hydrogens (tertiary/aromatic N) is 2. The van der Waals surface area contributed by atoms with Crippen LogP contribution in [-0.4, -0.2) is 34.1 Å². The van der Waals surface area contributed by atoms with Crippen LogP contribution >= 0.6 is 23.1 Å². The second-order valence-corrected chi connectivity index (χ2v) is 7.50. The molecule has 0 aliphatic carbocycles. The first kappa shape index (κ1) is 18.5. The van der Waals surface area contributed by atoms with E-state index in [-0.39, 0.29) is 18.1 Å². The zero-order chi connectivity index (χ0) is 18.4. The fourth-order valence-corrected chi connectivity index (χ4v) is 4.00. The second kappa shape index (κ2) is 8.91. The summed E-state index contributed by atoms with van der Waals surface area (Å²) in [7, 11) is 0. The number of ketones is 1. The highest BCUT2D eigenvalue weighted by molar-refractivity contribution is 8.00. The van der Waals surface area contributed by atoms with E-state index in [2.05, 4.69) is 16.9 Å². The summed E-state index contributed by atoms with van der Waals surface area (Å²) in [6.45, 7) is 1.87. The monoisotopic (exact) mass is 386 g/mol. The van der Waals surface area contributed by atoms with Crippen LogP contribution in [-0.2, 0) is 16.0 Å². The zero-order valence-corrected chi connectivity index (χ0v) is 15.9. The molecule has 0 bridgehead atoms. The summed E-state index contributed by atoms with van der Waals surface area (Å²) >= 11 is 2.81. The minimum absolute atomic E-state index is 0.102. The maximum atomic E-state index is 12.1. The molecule has 7 heteroatoms. The van der Waals surface area contributed by atoms with Crippen molar-refractivity contribution in [1.29, 1.82) is 0 Å². The zero-order valence-electron chi connectivity index (χ0n) is 14.3. The molecular formula is C19H18N2O3S2. The van der Waals surface area contributed by atoms with Gasteiger partial charge in [0.25, 0.3) is 0 Å². The number of esters is 1. The number of rotatable bonds is 8. The van der Waals surface area contributed by atoms with Crippen molar-refractivity contribution in [3.05, 3.63) is 53.2 Å². The van der Waals surface area contributed by atoms with Crippen LogP contribution in [0.5, 0.6) is 0 Å². The Hall–Kier alpha value is -2.25. The van der Waals surface area contributed by atoms with E-state index in [1.807, 2.05) is 23.6 Å². The molecule has 0 saturated heterocycles. The van der Waals surface area contributed by atoms with Crippen LogP contribution in [0, 0.1) is 0 Å². The lowest BCUT2D eigenvalue weighted by atomic mass is 10.1. The van der Waals surface area contributed by atoms with Gasteiger partial charge in [-0.3, -0.25) is 9.59 Å². The minimum Gasteiger partial charge on any atom is -0.457 e. The fourth-order valence-electron chi connectivity index (χ4n) is 2.43. The molecule has 26 heavy (non-hydrogen) atoms. The van der Waals surface area contributed by atoms with Crippen LogP contribution < -0.4 is 0 Å². The smallest absolute Gasteiger partial charge is 0.316 e. The van der Waals surface area contributed by atoms with Gasteiger partial charge >= 0.3 is 5.97 Å². The quantitative estimate of drug-likeness (QED) is 0.251. The molecule has 0 spiro atoms. The van der Waals surface area contributed by atoms with Gasteiger partial charge < -0.3 is 4.74 Å². The number of Topliss-reactive ketones (excluding diaryl/α,β-unsaturated/α-hetero) is 1. The SMILES string of the molecule is CCCc1ccc(C(=O)COC(=O)CSc2ncnc3sccc23)cc1. The largest absolute Gasteiger partial charge is 0.457 e. The number of carbonyl (C=O) groups is 2. The molecule has 134 valence electrons. The summed E-state index contributed by atoms with van der Waals surface area (Å²) in [5.74, 6) is -0.536. The number of thiophene rings is 1. The highest BCUT2D eigenvalue weighted by Crippen LogP contribution is 2.27. The van der Waals surface area contributed by atoms with Crippen molar-refractivity contribution in [2.75, 3.05) is 12.4 Å². The van der Waals surface area contributed by atoms with Crippen molar-refractivity contribution in [3.8, 4) is 0 Å². The molecule has 3 rings (SSSR count). The normalized spacial score (nSPS) is 10.8. The molecule has 2 aromatic heterocycles. The Bertz CT molecular complexity index is 907. The van der Waals surface area contributed by atoms with Gasteiger partial charge in [0.1, 0.15) is 16.2 Å². The molecular weight excluding hydrogens is 368 g/mol. The average Bonchev–Trinajstić information content (AvgIpc) is 3.14. The predicted molar refractivity (Wildman–Crippen MR) is 104 cm³/mol. The summed E-state index contributed by atoms with van der Waals surface area (Å²) in [5, 5.41) is 3.61. The molecule has 0 N–H and O–H groups in total. The Balaban J connectivity index is 1.49. The number of carbonyl (C=O) groups excluding carboxylic acids is 2. The first-order valence-electron chi connectivity index (χ1n) is 8.26. The van der Waals surface area contributed by atoms with Crippen molar-refractivity contribution in [2.45, 2.75) is 24.8 Å². The van der Waals surface area contributed by atoms with Gasteiger partial charge in [-0.05, 0) is 23.4 Å². The van der Waals surface area contributed by atoms with Crippen molar-refractivity contribution in [2.24, 2.45) is 0 Å². The topological polar surface area (TPSA) is 69.2 Å². The van der Waals surface area contributed by atoms with E-state index in [1.165, 1.54) is 35.0 Å². The lowest BCUT2D eigenvalue weighted by Gasteiger charge is -2.05. The molecule has 0 aliphatic heterocycles. The van der Waals surface area contributed by atoms with E-state index in [4.69, 9.17) is 4.74 Å². The summed E-state index contributed by atoms with van der Waals surface area (Å²) in [4.78, 5) is 33.3. The van der Waals surface area contributed by atoms with E-state index in [0.29, 0.717) is 5.56 Å². The fraction of sp³-hybridized carbons (Fsp3) is 0.263. The number of hydrogen-bond acceptors (Lipinski definition) is 7. The van der Waals surface area contributed by atoms with Crippen molar-refractivity contribution >= 4 is 45.1 Å². The molecule has 0 radical (unpaired) electrons. The number of hydrogen-bond donors (Lipinski definition) is 0. The number of aryl methyl sites for hydroxylation is 1. The molecule has 5 nitrogen and oxygen atoms in total. The van der Waals surface area contributed by atoms with E-state index in [9.17, 15) is 9.59 Å². The first-order valence-corrected chi connectivity index (χ1v) is 10.1. The third kappa shape index (κ3) is 4.68. The van der Waals surface area contributed by atoms with Crippen LogP contribution in [0.25, 0.3) is 10.2 Å². The Kier molecular flexibility index (Phi) is 6.35. The Labute approximate surface area is 159 Å². The summed E-state index contributed by atoms with van der Waals surface area (Å²) in [5.41, 5.74) is 1.75. The van der Waals surface area contributed by atoms with Crippen molar-refractivity contribution < 1.29 is 14.3 Å². The van der Waals surface area contributed by atoms with Crippen LogP contribution in [0.1, 0.15) is 29.3 Å². The molecule has 2 heterocycles. The highest BCUT2D eigenvalue weighted by atomic mass is 32.2. The molecule has 0 unspecified atom stereocenters. The molecule has 0 aliphatic rings. The number of fused-ring (bicyclic) bond motifs is 1. The molecule has 0 amide bonds. The molecule has 1 aromatic carbocycles. The Morgan fingerprint density at radius 2 is 1.96 bits per heavy atom. The third-order valence-corrected chi connectivity index (χ3v) is 5.53. The van der Waals surface area contributed by atoms with Gasteiger partial charge in [-0.2, -0.15) is 0 Å². The average molecular weight is 386 g/mol. The van der Waals surface area contributed by atoms with Gasteiger partial charge in [-0.1, -0.05) is 49.4 Å². The minimum atomic E-state index is -0.437. The lowest BCUT2D eigenvalue weighted by molar-refractivity contribution is -0.139. The first-order chi connectivity index (χ1) is 12.7. The lowest BCUT2D eigenvalue weighted by Crippen LogP contribution is -2.15. The standard InChI is InChI=1S/C19H18N2O3S2/c1-2-3-13-4-6-14(7-5-13)16(22)10-24-17(23)11-26-19-15-8-9-25-18(15)20-12-21-19/h4-9,12H,2-3,10-11H2,1H3. The maximum absolute atomic E-state index is 12.1. The van der Waals surface area contributed by atoms with Crippen molar-refractivity contribution in [1.82, 2.24) is 9.97 Å². The van der Waals surface area contributed by atoms with Crippen LogP contribution in [0.2, 0.25) is 0 Å². The number of aromatic nitrogens is 2. The van der Waals surface area contributed by atoms with Crippen LogP contribution in [0.15, 0.2) is 47.1 Å². The van der Waals surface area contributed by atoms with Gasteiger partial charge in [0.05, 0.1) is 5.75 Å². The maximum Gasteiger partial charge on any atom is 0.316 e. The van der Waals surface area contributed by atoms with Crippen LogP contribution in [0.4, 0.5) is 0 Å². The van der Waals surface area contributed by atoms with Gasteiger partial charge in [0.2, 0.25) is 0 Å². The summed E-state index contributed by atoms with van der Waals surface area (Å²) in [6.07, 6.45) is 3.53. The third-order valence-electron chi connectivity index (χ3n) is 3.73. The molecule has 3 aromatic rings. The van der Waals surface area contributed by atoms with Gasteiger partial charge in [-0.15, -0.1) is 11.3 Å². The Morgan fingerprint density at radius 3 is 2.73 bits per heavy atom. The van der Waals surface area contributed by atoms with E-state index >= 15 is 0 Å². The van der Waals surface area contributed by atoms with E-state index in [1.54, 1.807) is 12.1 Å². The molecule has 0 atom stereocenters. The number of ether oxygens (including phenoxy) is 1. The van der Waals surface area contributed by atoms with E-state index < -0.39 is 5.97 Å². The Morgan fingerprint density at radius 1 is 1.15 bits per heavy atom. The molecule has 0 saturated carbocycles. The van der Waals surface area contributed by atoms with Crippen molar-refractivity contribution in [3.63, 3.8) is 0 Å². The van der Waals surface area contributed by atoms with Crippen LogP contribution in [0.3, 0.4) is 0 Å². The van der Waals surface area contributed by atoms with Gasteiger partial charge in [0, 0.05) is 10.9 Å². The predicted octanol–water partition coefficient (Wildman–Crippen LogP) is 4.16. The summed E-state index contributed by atoms with van der Waals surface area (Å²) in [6, 6.07) is 9.37.